The van der Waals surface area contributed by atoms with Crippen molar-refractivity contribution in [2.45, 2.75) is 26.4 Å². The van der Waals surface area contributed by atoms with Crippen molar-refractivity contribution < 1.29 is 49.4 Å². The van der Waals surface area contributed by atoms with E-state index in [1.165, 1.54) is 6.92 Å². The van der Waals surface area contributed by atoms with E-state index in [9.17, 15) is 19.8 Å². The summed E-state index contributed by atoms with van der Waals surface area (Å²) in [5, 5.41) is 22.7. The fraction of sp³-hybridized carbons (Fsp3) is 0.667. The van der Waals surface area contributed by atoms with Gasteiger partial charge >= 0.3 is 35.6 Å². The van der Waals surface area contributed by atoms with Gasteiger partial charge in [0, 0.05) is 5.92 Å². The van der Waals surface area contributed by atoms with Crippen LogP contribution in [0.15, 0.2) is 4.99 Å². The van der Waals surface area contributed by atoms with Crippen molar-refractivity contribution in [1.82, 2.24) is 5.32 Å². The first-order valence-corrected chi connectivity index (χ1v) is 4.75. The zero-order valence-electron chi connectivity index (χ0n) is 9.56. The minimum Gasteiger partial charge on any atom is -0.861 e. The monoisotopic (exact) mass is 236 g/mol. The molecule has 1 aliphatic rings. The van der Waals surface area contributed by atoms with E-state index in [1.807, 2.05) is 5.32 Å². The molecule has 84 valence electrons. The molecule has 2 N–H and O–H groups in total. The van der Waals surface area contributed by atoms with Crippen molar-refractivity contribution in [3.05, 3.63) is 0 Å². The van der Waals surface area contributed by atoms with Gasteiger partial charge < -0.3 is 10.2 Å². The number of imide groups is 1. The molecule has 0 aromatic rings. The molecule has 0 radical (unpaired) electrons. The van der Waals surface area contributed by atoms with E-state index >= 15 is 0 Å². The van der Waals surface area contributed by atoms with Gasteiger partial charge in [0.15, 0.2) is 0 Å². The maximum Gasteiger partial charge on any atom is 1.00 e. The van der Waals surface area contributed by atoms with Crippen LogP contribution in [0.2, 0.25) is 0 Å². The first-order chi connectivity index (χ1) is 6.97. The fourth-order valence-electron chi connectivity index (χ4n) is 1.73. The molecule has 0 spiro atoms. The van der Waals surface area contributed by atoms with Crippen LogP contribution >= 0.6 is 0 Å². The van der Waals surface area contributed by atoms with Crippen LogP contribution < -0.4 is 40.0 Å². The Kier molecular flexibility index (Phi) is 6.17. The Bertz CT molecular complexity index is 317. The largest absolute Gasteiger partial charge is 1.00 e. The van der Waals surface area contributed by atoms with Crippen LogP contribution in [0, 0.1) is 11.8 Å². The number of carbonyl (C=O) groups is 2. The van der Waals surface area contributed by atoms with Crippen LogP contribution in [-0.4, -0.2) is 29.0 Å². The minimum absolute atomic E-state index is 0. The molecule has 1 heterocycles. The second-order valence-corrected chi connectivity index (χ2v) is 3.53. The molecule has 0 aliphatic carbocycles. The van der Waals surface area contributed by atoms with Gasteiger partial charge in [-0.15, -0.1) is 0 Å². The summed E-state index contributed by atoms with van der Waals surface area (Å²) >= 11 is 0. The number of urea groups is 1. The first kappa shape index (κ1) is 15.6. The van der Waals surface area contributed by atoms with Gasteiger partial charge in [-0.3, -0.25) is 10.1 Å². The van der Waals surface area contributed by atoms with Gasteiger partial charge in [-0.05, 0) is 19.2 Å². The van der Waals surface area contributed by atoms with Crippen LogP contribution in [0.1, 0.15) is 20.3 Å². The number of rotatable bonds is 3. The SMILES string of the molecule is CCC(C(C)O)C1C(=O)NC(=O)N=C1[O-].[Na+]. The number of carbonyl (C=O) groups excluding carboxylic acids is 2. The fourth-order valence-corrected chi connectivity index (χ4v) is 1.73. The topological polar surface area (TPSA) is 102 Å². The van der Waals surface area contributed by atoms with Gasteiger partial charge in [-0.1, -0.05) is 6.92 Å². The summed E-state index contributed by atoms with van der Waals surface area (Å²) in [6.07, 6.45) is -0.330. The van der Waals surface area contributed by atoms with Crippen molar-refractivity contribution in [3.63, 3.8) is 0 Å². The molecular formula is C9H13N2NaO4. The molecule has 1 rings (SSSR count). The van der Waals surface area contributed by atoms with Gasteiger partial charge in [0.1, 0.15) is 0 Å². The molecule has 16 heavy (non-hydrogen) atoms. The third-order valence-electron chi connectivity index (χ3n) is 2.51. The molecule has 7 heteroatoms. The predicted molar refractivity (Wildman–Crippen MR) is 49.9 cm³/mol. The van der Waals surface area contributed by atoms with E-state index in [2.05, 4.69) is 4.99 Å². The van der Waals surface area contributed by atoms with E-state index in [0.29, 0.717) is 6.42 Å². The van der Waals surface area contributed by atoms with Crippen LogP contribution in [-0.2, 0) is 4.79 Å². The summed E-state index contributed by atoms with van der Waals surface area (Å²) in [7, 11) is 0. The summed E-state index contributed by atoms with van der Waals surface area (Å²) in [5.74, 6) is -2.99. The molecule has 0 aromatic carbocycles. The number of hydrogen-bond donors (Lipinski definition) is 2. The number of nitrogens with one attached hydrogen (secondary N) is 1. The van der Waals surface area contributed by atoms with Gasteiger partial charge in [0.2, 0.25) is 5.91 Å². The van der Waals surface area contributed by atoms with Crippen molar-refractivity contribution in [3.8, 4) is 0 Å². The van der Waals surface area contributed by atoms with E-state index < -0.39 is 35.8 Å². The van der Waals surface area contributed by atoms with Crippen LogP contribution in [0.5, 0.6) is 0 Å². The Morgan fingerprint density at radius 1 is 1.56 bits per heavy atom. The Hall–Kier alpha value is -0.430. The maximum atomic E-state index is 11.4. The molecule has 6 nitrogen and oxygen atoms in total. The normalized spacial score (nSPS) is 23.9. The zero-order chi connectivity index (χ0) is 11.6. The Morgan fingerprint density at radius 3 is 2.50 bits per heavy atom. The van der Waals surface area contributed by atoms with E-state index in [1.54, 1.807) is 6.92 Å². The average molecular weight is 236 g/mol. The van der Waals surface area contributed by atoms with Crippen LogP contribution in [0.25, 0.3) is 0 Å². The number of hydrogen-bond acceptors (Lipinski definition) is 4. The van der Waals surface area contributed by atoms with Crippen molar-refractivity contribution in [2.75, 3.05) is 0 Å². The van der Waals surface area contributed by atoms with Gasteiger partial charge in [-0.25, -0.2) is 9.79 Å². The molecular weight excluding hydrogens is 223 g/mol. The molecule has 3 amide bonds. The minimum atomic E-state index is -1.05. The molecule has 0 bridgehead atoms. The van der Waals surface area contributed by atoms with E-state index in [4.69, 9.17) is 0 Å². The molecule has 0 saturated heterocycles. The van der Waals surface area contributed by atoms with E-state index in [-0.39, 0.29) is 29.6 Å². The quantitative estimate of drug-likeness (QED) is 0.488. The summed E-state index contributed by atoms with van der Waals surface area (Å²) in [5.41, 5.74) is 0. The number of nitrogens with zero attached hydrogens (tertiary/aromatic N) is 1. The Balaban J connectivity index is 0.00000225. The molecule has 0 aromatic heterocycles. The molecule has 0 fully saturated rings. The predicted octanol–water partition coefficient (Wildman–Crippen LogP) is -3.98. The van der Waals surface area contributed by atoms with Gasteiger partial charge in [0.05, 0.1) is 12.0 Å². The van der Waals surface area contributed by atoms with Crippen LogP contribution in [0.3, 0.4) is 0 Å². The third kappa shape index (κ3) is 3.28. The van der Waals surface area contributed by atoms with Crippen molar-refractivity contribution in [1.29, 1.82) is 0 Å². The summed E-state index contributed by atoms with van der Waals surface area (Å²) < 4.78 is 0. The average Bonchev–Trinajstić information content (AvgIpc) is 2.09. The second kappa shape index (κ2) is 6.34. The summed E-state index contributed by atoms with van der Waals surface area (Å²) in [6.45, 7) is 3.26. The maximum absolute atomic E-state index is 11.4. The zero-order valence-corrected chi connectivity index (χ0v) is 11.6. The van der Waals surface area contributed by atoms with Gasteiger partial charge in [-0.2, -0.15) is 0 Å². The summed E-state index contributed by atoms with van der Waals surface area (Å²) in [6, 6.07) is -0.929. The van der Waals surface area contributed by atoms with Crippen LogP contribution in [0.4, 0.5) is 4.79 Å². The number of aliphatic hydroxyl groups excluding tert-OH is 1. The molecule has 1 aliphatic heterocycles. The van der Waals surface area contributed by atoms with Gasteiger partial charge in [0.25, 0.3) is 0 Å². The van der Waals surface area contributed by atoms with Crippen molar-refractivity contribution >= 4 is 17.8 Å². The number of aliphatic imine (C=N–C) groups is 1. The molecule has 3 unspecified atom stereocenters. The third-order valence-corrected chi connectivity index (χ3v) is 2.51. The second-order valence-electron chi connectivity index (χ2n) is 3.53. The smallest absolute Gasteiger partial charge is 0.861 e. The number of amides is 3. The summed E-state index contributed by atoms with van der Waals surface area (Å²) in [4.78, 5) is 25.3. The van der Waals surface area contributed by atoms with E-state index in [0.717, 1.165) is 0 Å². The molecule has 3 atom stereocenters. The Labute approximate surface area is 115 Å². The van der Waals surface area contributed by atoms with Crippen molar-refractivity contribution in [2.24, 2.45) is 16.8 Å². The Morgan fingerprint density at radius 2 is 2.12 bits per heavy atom. The molecule has 0 saturated carbocycles. The standard InChI is InChI=1S/C9H14N2O4.Na/c1-3-5(4(2)12)6-7(13)10-9(15)11-8(6)14;/h4-6,12H,3H2,1-2H3,(H2,10,11,13,14,15);/q;+1/p-1. The first-order valence-electron chi connectivity index (χ1n) is 4.75. The number of aliphatic hydroxyl groups is 1.